The molecule has 4 nitrogen and oxygen atoms in total. The van der Waals surface area contributed by atoms with Crippen molar-refractivity contribution in [1.29, 1.82) is 0 Å². The summed E-state index contributed by atoms with van der Waals surface area (Å²) in [5, 5.41) is 0. The number of hydrogen-bond donors (Lipinski definition) is 0. The maximum atomic E-state index is 12.2. The van der Waals surface area contributed by atoms with Gasteiger partial charge in [-0.1, -0.05) is 27.2 Å². The molecule has 150 valence electrons. The molecule has 0 bridgehead atoms. The van der Waals surface area contributed by atoms with Crippen LogP contribution in [0.2, 0.25) is 0 Å². The van der Waals surface area contributed by atoms with Crippen LogP contribution in [0.1, 0.15) is 80.1 Å². The molecule has 6 atom stereocenters. The van der Waals surface area contributed by atoms with Gasteiger partial charge >= 0.3 is 5.97 Å². The zero-order valence-corrected chi connectivity index (χ0v) is 17.7. The van der Waals surface area contributed by atoms with E-state index >= 15 is 0 Å². The number of nitrogens with zero attached hydrogens (tertiary/aromatic N) is 1. The van der Waals surface area contributed by atoms with Crippen molar-refractivity contribution in [2.24, 2.45) is 23.7 Å². The second kappa shape index (κ2) is 7.79. The van der Waals surface area contributed by atoms with Gasteiger partial charge in [0.2, 0.25) is 6.29 Å². The Kier molecular flexibility index (Phi) is 6.03. The number of cyclic esters (lactones) is 1. The van der Waals surface area contributed by atoms with Crippen LogP contribution in [0, 0.1) is 23.7 Å². The molecular weight excluding hydrogens is 326 g/mol. The monoisotopic (exact) mass is 365 g/mol. The average Bonchev–Trinajstić information content (AvgIpc) is 3.13. The molecule has 0 spiro atoms. The highest BCUT2D eigenvalue weighted by molar-refractivity contribution is 5.72. The average molecular weight is 366 g/mol. The van der Waals surface area contributed by atoms with E-state index in [-0.39, 0.29) is 29.8 Å². The van der Waals surface area contributed by atoms with Crippen molar-refractivity contribution in [3.05, 3.63) is 0 Å². The van der Waals surface area contributed by atoms with Gasteiger partial charge in [-0.2, -0.15) is 0 Å². The predicted octanol–water partition coefficient (Wildman–Crippen LogP) is 4.62. The van der Waals surface area contributed by atoms with Gasteiger partial charge < -0.3 is 9.47 Å². The summed E-state index contributed by atoms with van der Waals surface area (Å²) in [6.07, 6.45) is 6.34. The van der Waals surface area contributed by atoms with E-state index < -0.39 is 0 Å². The van der Waals surface area contributed by atoms with E-state index in [1.54, 1.807) is 0 Å². The van der Waals surface area contributed by atoms with Crippen LogP contribution in [-0.2, 0) is 14.3 Å². The first-order chi connectivity index (χ1) is 12.2. The molecule has 1 saturated carbocycles. The van der Waals surface area contributed by atoms with E-state index in [4.69, 9.17) is 9.47 Å². The van der Waals surface area contributed by atoms with Gasteiger partial charge in [-0.15, -0.1) is 0 Å². The molecule has 0 aromatic carbocycles. The SMILES string of the molecule is CC(C)[C@@H]1CC[C@@H](C)C[C@H]1O[C@@H]1OC(=O)C[C@H]1[C@@H]1CCCN1C(C)(C)C. The fourth-order valence-electron chi connectivity index (χ4n) is 5.51. The lowest BCUT2D eigenvalue weighted by atomic mass is 9.75. The summed E-state index contributed by atoms with van der Waals surface area (Å²) in [5.41, 5.74) is 0.122. The first kappa shape index (κ1) is 20.1. The van der Waals surface area contributed by atoms with E-state index in [1.807, 2.05) is 0 Å². The fraction of sp³-hybridized carbons (Fsp3) is 0.955. The molecule has 0 aromatic rings. The highest BCUT2D eigenvalue weighted by Crippen LogP contribution is 2.41. The molecule has 1 aliphatic carbocycles. The van der Waals surface area contributed by atoms with Gasteiger partial charge in [0.05, 0.1) is 12.5 Å². The van der Waals surface area contributed by atoms with Gasteiger partial charge in [0.15, 0.2) is 0 Å². The minimum Gasteiger partial charge on any atom is -0.435 e. The topological polar surface area (TPSA) is 38.8 Å². The Bertz CT molecular complexity index is 498. The number of ether oxygens (including phenoxy) is 2. The molecule has 3 aliphatic rings. The Morgan fingerprint density at radius 1 is 1.19 bits per heavy atom. The van der Waals surface area contributed by atoms with Crippen molar-refractivity contribution in [2.45, 2.75) is 104 Å². The summed E-state index contributed by atoms with van der Waals surface area (Å²) in [6.45, 7) is 14.9. The smallest absolute Gasteiger partial charge is 0.308 e. The maximum absolute atomic E-state index is 12.2. The molecule has 0 amide bonds. The van der Waals surface area contributed by atoms with Crippen molar-refractivity contribution in [2.75, 3.05) is 6.54 Å². The summed E-state index contributed by atoms with van der Waals surface area (Å²) >= 11 is 0. The molecule has 4 heteroatoms. The summed E-state index contributed by atoms with van der Waals surface area (Å²) < 4.78 is 12.3. The van der Waals surface area contributed by atoms with Gasteiger partial charge in [0.25, 0.3) is 0 Å². The van der Waals surface area contributed by atoms with E-state index in [1.165, 1.54) is 19.3 Å². The zero-order chi connectivity index (χ0) is 19.1. The molecular formula is C22H39NO3. The molecule has 3 rings (SSSR count). The van der Waals surface area contributed by atoms with Gasteiger partial charge in [-0.05, 0) is 70.8 Å². The number of esters is 1. The summed E-state index contributed by atoms with van der Waals surface area (Å²) in [6, 6.07) is 0.393. The van der Waals surface area contributed by atoms with E-state index in [0.717, 1.165) is 19.4 Å². The van der Waals surface area contributed by atoms with Crippen LogP contribution in [0.25, 0.3) is 0 Å². The van der Waals surface area contributed by atoms with Gasteiger partial charge in [0, 0.05) is 17.5 Å². The number of rotatable bonds is 4. The van der Waals surface area contributed by atoms with Crippen LogP contribution in [-0.4, -0.2) is 41.4 Å². The lowest BCUT2D eigenvalue weighted by Gasteiger charge is -2.42. The number of likely N-dealkylation sites (tertiary alicyclic amines) is 1. The molecule has 0 aromatic heterocycles. The lowest BCUT2D eigenvalue weighted by molar-refractivity contribution is -0.201. The summed E-state index contributed by atoms with van der Waals surface area (Å²) in [4.78, 5) is 14.7. The van der Waals surface area contributed by atoms with Crippen LogP contribution < -0.4 is 0 Å². The van der Waals surface area contributed by atoms with E-state index in [2.05, 4.69) is 46.4 Å². The molecule has 0 unspecified atom stereocenters. The maximum Gasteiger partial charge on any atom is 0.308 e. The Morgan fingerprint density at radius 2 is 1.92 bits per heavy atom. The van der Waals surface area contributed by atoms with E-state index in [9.17, 15) is 4.79 Å². The van der Waals surface area contributed by atoms with Crippen molar-refractivity contribution in [3.63, 3.8) is 0 Å². The third-order valence-electron chi connectivity index (χ3n) is 6.92. The summed E-state index contributed by atoms with van der Waals surface area (Å²) in [7, 11) is 0. The second-order valence-electron chi connectivity index (χ2n) is 10.3. The van der Waals surface area contributed by atoms with Gasteiger partial charge in [-0.3, -0.25) is 9.69 Å². The third-order valence-corrected chi connectivity index (χ3v) is 6.92. The normalized spacial score (nSPS) is 39.6. The van der Waals surface area contributed by atoms with Crippen LogP contribution in [0.5, 0.6) is 0 Å². The second-order valence-corrected chi connectivity index (χ2v) is 10.3. The largest absolute Gasteiger partial charge is 0.435 e. The van der Waals surface area contributed by atoms with Crippen molar-refractivity contribution in [1.82, 2.24) is 4.90 Å². The third kappa shape index (κ3) is 4.27. The minimum atomic E-state index is -0.355. The Hall–Kier alpha value is -0.610. The number of carbonyl (C=O) groups excluding carboxylic acids is 1. The van der Waals surface area contributed by atoms with Crippen LogP contribution >= 0.6 is 0 Å². The number of hydrogen-bond acceptors (Lipinski definition) is 4. The zero-order valence-electron chi connectivity index (χ0n) is 17.7. The van der Waals surface area contributed by atoms with Crippen molar-refractivity contribution in [3.8, 4) is 0 Å². The molecule has 2 aliphatic heterocycles. The van der Waals surface area contributed by atoms with Gasteiger partial charge in [-0.25, -0.2) is 0 Å². The molecule has 2 heterocycles. The Labute approximate surface area is 160 Å². The minimum absolute atomic E-state index is 0.0780. The lowest BCUT2D eigenvalue weighted by Crippen LogP contribution is -2.50. The quantitative estimate of drug-likeness (QED) is 0.682. The highest BCUT2D eigenvalue weighted by atomic mass is 16.7. The van der Waals surface area contributed by atoms with Gasteiger partial charge in [0.1, 0.15) is 0 Å². The molecule has 0 radical (unpaired) electrons. The van der Waals surface area contributed by atoms with Crippen molar-refractivity contribution >= 4 is 5.97 Å². The van der Waals surface area contributed by atoms with Crippen LogP contribution in [0.4, 0.5) is 0 Å². The van der Waals surface area contributed by atoms with Crippen LogP contribution in [0.3, 0.4) is 0 Å². The number of carbonyl (C=O) groups is 1. The first-order valence-electron chi connectivity index (χ1n) is 10.8. The van der Waals surface area contributed by atoms with Crippen LogP contribution in [0.15, 0.2) is 0 Å². The fourth-order valence-corrected chi connectivity index (χ4v) is 5.51. The standard InChI is InChI=1S/C22H39NO3/c1-14(2)16-10-9-15(3)12-19(16)25-21-17(13-20(24)26-21)18-8-7-11-23(18)22(4,5)6/h14-19,21H,7-13H2,1-6H3/t15-,16+,17+,18+,19-,21-/m1/s1. The van der Waals surface area contributed by atoms with Crippen molar-refractivity contribution < 1.29 is 14.3 Å². The molecule has 26 heavy (non-hydrogen) atoms. The molecule has 0 N–H and O–H groups in total. The molecule has 3 fully saturated rings. The van der Waals surface area contributed by atoms with E-state index in [0.29, 0.717) is 30.2 Å². The predicted molar refractivity (Wildman–Crippen MR) is 104 cm³/mol. The highest BCUT2D eigenvalue weighted by Gasteiger charge is 2.48. The summed E-state index contributed by atoms with van der Waals surface area (Å²) in [5.74, 6) is 1.98. The Balaban J connectivity index is 1.74. The first-order valence-corrected chi connectivity index (χ1v) is 10.8. The molecule has 2 saturated heterocycles. The Morgan fingerprint density at radius 3 is 2.58 bits per heavy atom.